The highest BCUT2D eigenvalue weighted by Crippen LogP contribution is 2.21. The van der Waals surface area contributed by atoms with Gasteiger partial charge in [0, 0.05) is 18.3 Å². The van der Waals surface area contributed by atoms with Crippen LogP contribution in [0, 0.1) is 0 Å². The third-order valence-corrected chi connectivity index (χ3v) is 4.74. The molecule has 1 heterocycles. The first kappa shape index (κ1) is 21.9. The Hall–Kier alpha value is -2.36. The standard InChI is InChI=1S/C24H34N2O2/c1-3-5-7-8-9-10-16-25-24-22(15-12-17-26-24)23(27)20-13-11-14-21(19-20)28-18-6-4-2/h11-15,17,19H,3-10,16,18H2,1-2H3,(H,25,26). The summed E-state index contributed by atoms with van der Waals surface area (Å²) in [6, 6.07) is 11.1. The molecule has 0 bridgehead atoms. The Balaban J connectivity index is 1.95. The van der Waals surface area contributed by atoms with Gasteiger partial charge in [0.1, 0.15) is 11.6 Å². The van der Waals surface area contributed by atoms with Crippen molar-refractivity contribution < 1.29 is 9.53 Å². The van der Waals surface area contributed by atoms with Gasteiger partial charge in [0.15, 0.2) is 5.78 Å². The Bertz CT molecular complexity index is 715. The largest absolute Gasteiger partial charge is 0.494 e. The molecule has 2 rings (SSSR count). The second-order valence-corrected chi connectivity index (χ2v) is 7.15. The summed E-state index contributed by atoms with van der Waals surface area (Å²) in [5.41, 5.74) is 1.24. The van der Waals surface area contributed by atoms with Crippen LogP contribution >= 0.6 is 0 Å². The molecule has 0 saturated heterocycles. The van der Waals surface area contributed by atoms with Crippen LogP contribution in [0.1, 0.15) is 81.1 Å². The van der Waals surface area contributed by atoms with Crippen molar-refractivity contribution in [1.29, 1.82) is 0 Å². The molecule has 0 fully saturated rings. The number of nitrogens with zero attached hydrogens (tertiary/aromatic N) is 1. The molecule has 1 aromatic heterocycles. The van der Waals surface area contributed by atoms with Gasteiger partial charge >= 0.3 is 0 Å². The summed E-state index contributed by atoms with van der Waals surface area (Å²) in [7, 11) is 0. The van der Waals surface area contributed by atoms with Crippen molar-refractivity contribution in [3.05, 3.63) is 53.7 Å². The zero-order valence-electron chi connectivity index (χ0n) is 17.4. The first-order valence-corrected chi connectivity index (χ1v) is 10.7. The molecular weight excluding hydrogens is 348 g/mol. The predicted octanol–water partition coefficient (Wildman–Crippen LogP) is 6.26. The van der Waals surface area contributed by atoms with E-state index in [1.165, 1.54) is 32.1 Å². The number of carbonyl (C=O) groups is 1. The monoisotopic (exact) mass is 382 g/mol. The number of nitrogens with one attached hydrogen (secondary N) is 1. The third-order valence-electron chi connectivity index (χ3n) is 4.74. The molecule has 0 spiro atoms. The van der Waals surface area contributed by atoms with Crippen LogP contribution in [0.3, 0.4) is 0 Å². The molecule has 0 unspecified atom stereocenters. The van der Waals surface area contributed by atoms with E-state index in [1.54, 1.807) is 6.20 Å². The number of carbonyl (C=O) groups excluding carboxylic acids is 1. The highest BCUT2D eigenvalue weighted by molar-refractivity contribution is 6.12. The maximum Gasteiger partial charge on any atom is 0.196 e. The Morgan fingerprint density at radius 1 is 0.964 bits per heavy atom. The fourth-order valence-electron chi connectivity index (χ4n) is 3.06. The second-order valence-electron chi connectivity index (χ2n) is 7.15. The minimum atomic E-state index is -0.0283. The molecule has 0 aliphatic carbocycles. The highest BCUT2D eigenvalue weighted by Gasteiger charge is 2.15. The molecule has 0 atom stereocenters. The number of ketones is 1. The zero-order valence-corrected chi connectivity index (χ0v) is 17.4. The van der Waals surface area contributed by atoms with Crippen molar-refractivity contribution in [2.75, 3.05) is 18.5 Å². The van der Waals surface area contributed by atoms with Crippen LogP contribution in [0.15, 0.2) is 42.6 Å². The molecular formula is C24H34N2O2. The minimum absolute atomic E-state index is 0.0283. The predicted molar refractivity (Wildman–Crippen MR) is 116 cm³/mol. The van der Waals surface area contributed by atoms with Crippen molar-refractivity contribution in [3.8, 4) is 5.75 Å². The van der Waals surface area contributed by atoms with Crippen molar-refractivity contribution in [2.45, 2.75) is 65.2 Å². The maximum absolute atomic E-state index is 13.0. The van der Waals surface area contributed by atoms with Crippen LogP contribution in [-0.2, 0) is 0 Å². The van der Waals surface area contributed by atoms with E-state index >= 15 is 0 Å². The van der Waals surface area contributed by atoms with Gasteiger partial charge in [-0.15, -0.1) is 0 Å². The lowest BCUT2D eigenvalue weighted by molar-refractivity contribution is 0.103. The molecule has 0 saturated carbocycles. The maximum atomic E-state index is 13.0. The van der Waals surface area contributed by atoms with Gasteiger partial charge in [-0.1, -0.05) is 64.5 Å². The van der Waals surface area contributed by atoms with E-state index < -0.39 is 0 Å². The number of aromatic nitrogens is 1. The zero-order chi connectivity index (χ0) is 20.0. The van der Waals surface area contributed by atoms with Crippen molar-refractivity contribution in [3.63, 3.8) is 0 Å². The number of hydrogen-bond acceptors (Lipinski definition) is 4. The van der Waals surface area contributed by atoms with E-state index in [0.717, 1.165) is 31.6 Å². The quantitative estimate of drug-likeness (QED) is 0.309. The van der Waals surface area contributed by atoms with Gasteiger partial charge < -0.3 is 10.1 Å². The first-order valence-electron chi connectivity index (χ1n) is 10.7. The molecule has 2 aromatic rings. The summed E-state index contributed by atoms with van der Waals surface area (Å²) >= 11 is 0. The van der Waals surface area contributed by atoms with Gasteiger partial charge in [-0.25, -0.2) is 4.98 Å². The van der Waals surface area contributed by atoms with Crippen LogP contribution in [0.25, 0.3) is 0 Å². The lowest BCUT2D eigenvalue weighted by atomic mass is 10.0. The van der Waals surface area contributed by atoms with Gasteiger partial charge in [0.2, 0.25) is 0 Å². The molecule has 152 valence electrons. The number of pyridine rings is 1. The van der Waals surface area contributed by atoms with E-state index in [4.69, 9.17) is 4.74 Å². The molecule has 1 N–H and O–H groups in total. The Morgan fingerprint density at radius 2 is 1.75 bits per heavy atom. The van der Waals surface area contributed by atoms with Crippen molar-refractivity contribution in [1.82, 2.24) is 4.98 Å². The summed E-state index contributed by atoms with van der Waals surface area (Å²) in [5, 5.41) is 3.35. The molecule has 0 aliphatic heterocycles. The molecule has 1 aromatic carbocycles. The summed E-state index contributed by atoms with van der Waals surface area (Å²) in [6.45, 7) is 5.87. The first-order chi connectivity index (χ1) is 13.8. The highest BCUT2D eigenvalue weighted by atomic mass is 16.5. The van der Waals surface area contributed by atoms with Crippen LogP contribution in [0.5, 0.6) is 5.75 Å². The topological polar surface area (TPSA) is 51.2 Å². The van der Waals surface area contributed by atoms with E-state index in [2.05, 4.69) is 24.1 Å². The Kier molecular flexibility index (Phi) is 10.1. The number of unbranched alkanes of at least 4 members (excludes halogenated alkanes) is 6. The van der Waals surface area contributed by atoms with E-state index in [9.17, 15) is 4.79 Å². The second kappa shape index (κ2) is 12.9. The minimum Gasteiger partial charge on any atom is -0.494 e. The molecule has 4 nitrogen and oxygen atoms in total. The van der Waals surface area contributed by atoms with E-state index in [1.807, 2.05) is 36.4 Å². The van der Waals surface area contributed by atoms with E-state index in [-0.39, 0.29) is 5.78 Å². The van der Waals surface area contributed by atoms with Gasteiger partial charge in [-0.2, -0.15) is 0 Å². The summed E-state index contributed by atoms with van der Waals surface area (Å²) in [5.74, 6) is 1.38. The van der Waals surface area contributed by atoms with Crippen molar-refractivity contribution in [2.24, 2.45) is 0 Å². The summed E-state index contributed by atoms with van der Waals surface area (Å²) < 4.78 is 5.74. The number of hydrogen-bond donors (Lipinski definition) is 1. The Labute approximate surface area is 169 Å². The SMILES string of the molecule is CCCCCCCCNc1ncccc1C(=O)c1cccc(OCCCC)c1. The van der Waals surface area contributed by atoms with Crippen LogP contribution in [0.4, 0.5) is 5.82 Å². The molecule has 0 amide bonds. The van der Waals surface area contributed by atoms with Gasteiger partial charge in [0.25, 0.3) is 0 Å². The normalized spacial score (nSPS) is 10.6. The summed E-state index contributed by atoms with van der Waals surface area (Å²) in [6.07, 6.45) is 11.3. The van der Waals surface area contributed by atoms with Crippen LogP contribution in [0.2, 0.25) is 0 Å². The molecule has 28 heavy (non-hydrogen) atoms. The smallest absolute Gasteiger partial charge is 0.196 e. The average Bonchev–Trinajstić information content (AvgIpc) is 2.73. The fraction of sp³-hybridized carbons (Fsp3) is 0.500. The molecule has 0 aliphatic rings. The number of benzene rings is 1. The van der Waals surface area contributed by atoms with E-state index in [0.29, 0.717) is 23.6 Å². The number of rotatable bonds is 14. The third kappa shape index (κ3) is 7.34. The van der Waals surface area contributed by atoms with Crippen LogP contribution in [-0.4, -0.2) is 23.9 Å². The van der Waals surface area contributed by atoms with Gasteiger partial charge in [-0.3, -0.25) is 4.79 Å². The van der Waals surface area contributed by atoms with Gasteiger partial charge in [0.05, 0.1) is 12.2 Å². The van der Waals surface area contributed by atoms with Crippen molar-refractivity contribution >= 4 is 11.6 Å². The lowest BCUT2D eigenvalue weighted by Crippen LogP contribution is -2.11. The fourth-order valence-corrected chi connectivity index (χ4v) is 3.06. The van der Waals surface area contributed by atoms with Crippen LogP contribution < -0.4 is 10.1 Å². The summed E-state index contributed by atoms with van der Waals surface area (Å²) in [4.78, 5) is 17.4. The number of ether oxygens (including phenoxy) is 1. The molecule has 0 radical (unpaired) electrons. The molecule has 4 heteroatoms. The number of anilines is 1. The van der Waals surface area contributed by atoms with Gasteiger partial charge in [-0.05, 0) is 37.1 Å². The average molecular weight is 383 g/mol. The Morgan fingerprint density at radius 3 is 2.57 bits per heavy atom. The lowest BCUT2D eigenvalue weighted by Gasteiger charge is -2.11.